The van der Waals surface area contributed by atoms with Crippen molar-refractivity contribution in [2.75, 3.05) is 41.7 Å². The topological polar surface area (TPSA) is 331 Å². The van der Waals surface area contributed by atoms with E-state index in [1.54, 1.807) is 49.0 Å². The van der Waals surface area contributed by atoms with Crippen LogP contribution in [0.5, 0.6) is 0 Å². The van der Waals surface area contributed by atoms with Gasteiger partial charge in [-0.2, -0.15) is 0 Å². The standard InChI is InChI=1S/C64H104O27/c1-15-29(2)56(71)82-34(7)62(72)20-21-64-61(62)28-77-60(10,91-64)90-63(64)19-16-36-22-37(17-18-59(36,9)42(63)26-43(61)83-35(8)66)84-44-23-38(73-11)51(30(3)78-44)86-45-24-39(74-12)52(31(4)79-45)87-46-25-40(75-13)53(32(5)80-46)88-58-50(70)55(76-14)54(33(6)81-58)89-57-49(69)48(68)47(67)41(27-65)85-57/h29-34,36-55,57-58,65,67-70,72H,15-28H2,1-14H3/t29?,30-,31-,32-,33-,34+,36+,37+,38+,39+,40-,41-,42-,43-,44+,45+,46+,47-,48+,49-,50-,51-,52-,53-,54-,55-,57+,58+,59+,60+,61-,62-,63+,64-/m1/s1. The SMILES string of the molecule is CCC(C)C(=O)O[C@@H](C)[C@]1(O)CC[C@@]23O[C@@]4(C)OC[C@]21[C@H](OC(C)=O)C[C@@H]1[C@@]2(C)CC[C@H](O[C@H]5C[C@H](OC)[C@H](O[C@H]6C[C@H](OC)[C@H](O[C@H]7C[C@@H](OC)[C@H](O[C@@H]8O[C@H](C)[C@@H](O[C@@H]9O[C@H](CO)[C@@H](O)[C@H](O)[C@H]9O)[C@H](OC)[C@H]8O)[C@@H](C)O7)[C@@H](C)O6)[C@@H](C)O5)C[C@@H]2CC[C@]13O4. The van der Waals surface area contributed by atoms with Gasteiger partial charge >= 0.3 is 11.9 Å². The quantitative estimate of drug-likeness (QED) is 0.0753. The number of hydrogen-bond acceptors (Lipinski definition) is 27. The van der Waals surface area contributed by atoms with Crippen LogP contribution < -0.4 is 0 Å². The smallest absolute Gasteiger partial charge is 0.309 e. The van der Waals surface area contributed by atoms with Crippen LogP contribution in [0.2, 0.25) is 0 Å². The number of carbonyl (C=O) groups is 2. The molecule has 2 spiro atoms. The summed E-state index contributed by atoms with van der Waals surface area (Å²) in [5.74, 6) is -2.59. The number of rotatable bonds is 20. The van der Waals surface area contributed by atoms with E-state index < -0.39 is 194 Å². The molecule has 11 rings (SSSR count). The van der Waals surface area contributed by atoms with Gasteiger partial charge in [0.25, 0.3) is 5.97 Å². The maximum absolute atomic E-state index is 13.3. The molecule has 4 saturated carbocycles. The molecule has 0 aromatic carbocycles. The van der Waals surface area contributed by atoms with Gasteiger partial charge in [-0.3, -0.25) is 9.59 Å². The maximum atomic E-state index is 13.3. The van der Waals surface area contributed by atoms with E-state index in [1.165, 1.54) is 14.0 Å². The molecule has 7 heterocycles. The van der Waals surface area contributed by atoms with Gasteiger partial charge in [0, 0.05) is 67.5 Å². The minimum atomic E-state index is -1.68. The minimum absolute atomic E-state index is 0.00139. The second-order valence-electron chi connectivity index (χ2n) is 28.4. The molecule has 6 N–H and O–H groups in total. The molecule has 0 aromatic heterocycles. The lowest BCUT2D eigenvalue weighted by atomic mass is 9.40. The van der Waals surface area contributed by atoms with Crippen molar-refractivity contribution < 1.29 is 130 Å². The highest BCUT2D eigenvalue weighted by atomic mass is 16.9. The second-order valence-corrected chi connectivity index (χ2v) is 28.4. The van der Waals surface area contributed by atoms with E-state index in [0.717, 1.165) is 25.7 Å². The lowest BCUT2D eigenvalue weighted by Crippen LogP contribution is -2.81. The Morgan fingerprint density at radius 1 is 0.604 bits per heavy atom. The van der Waals surface area contributed by atoms with E-state index in [9.17, 15) is 40.2 Å². The third-order valence-electron chi connectivity index (χ3n) is 23.5. The Bertz CT molecular complexity index is 2500. The number of esters is 2. The van der Waals surface area contributed by atoms with E-state index in [4.69, 9.17) is 90.0 Å². The van der Waals surface area contributed by atoms with Gasteiger partial charge in [-0.05, 0) is 104 Å². The number of carbonyl (C=O) groups excluding carboxylic acids is 2. The summed E-state index contributed by atoms with van der Waals surface area (Å²) in [7, 11) is 6.18. The van der Waals surface area contributed by atoms with Crippen LogP contribution in [0.4, 0.5) is 0 Å². The molecule has 11 fully saturated rings. The molecular formula is C64H104O27. The first-order valence-corrected chi connectivity index (χ1v) is 33.3. The Morgan fingerprint density at radius 2 is 1.16 bits per heavy atom. The van der Waals surface area contributed by atoms with Crippen molar-refractivity contribution >= 4 is 11.9 Å². The Kier molecular flexibility index (Phi) is 20.9. The van der Waals surface area contributed by atoms with Crippen LogP contribution in [0.15, 0.2) is 0 Å². The lowest BCUT2D eigenvalue weighted by Gasteiger charge is -2.69. The van der Waals surface area contributed by atoms with Crippen LogP contribution in [0.1, 0.15) is 146 Å². The monoisotopic (exact) mass is 1300 g/mol. The van der Waals surface area contributed by atoms with Crippen LogP contribution in [0, 0.1) is 28.6 Å². The molecule has 34 atom stereocenters. The summed E-state index contributed by atoms with van der Waals surface area (Å²) in [5.41, 5.74) is -5.29. The number of aliphatic hydroxyl groups excluding tert-OH is 5. The second kappa shape index (κ2) is 27.0. The first-order chi connectivity index (χ1) is 43.1. The van der Waals surface area contributed by atoms with Gasteiger partial charge in [0.15, 0.2) is 31.5 Å². The number of ether oxygens (including phenoxy) is 19. The molecular weight excluding hydrogens is 1200 g/mol. The maximum Gasteiger partial charge on any atom is 0.309 e. The third kappa shape index (κ3) is 12.0. The van der Waals surface area contributed by atoms with Crippen LogP contribution in [0.25, 0.3) is 0 Å². The van der Waals surface area contributed by atoms with Crippen LogP contribution in [-0.4, -0.2) is 261 Å². The molecule has 27 heteroatoms. The molecule has 7 aliphatic heterocycles. The zero-order valence-electron chi connectivity index (χ0n) is 55.3. The van der Waals surface area contributed by atoms with Gasteiger partial charge in [-0.15, -0.1) is 0 Å². The summed E-state index contributed by atoms with van der Waals surface area (Å²) in [6, 6.07) is 0. The zero-order valence-corrected chi connectivity index (χ0v) is 55.3. The zero-order chi connectivity index (χ0) is 65.7. The van der Waals surface area contributed by atoms with E-state index in [0.29, 0.717) is 38.5 Å². The molecule has 2 bridgehead atoms. The molecule has 0 aromatic rings. The van der Waals surface area contributed by atoms with E-state index in [1.807, 2.05) is 27.7 Å². The molecule has 4 aliphatic carbocycles. The highest BCUT2D eigenvalue weighted by Gasteiger charge is 2.91. The molecule has 0 radical (unpaired) electrons. The average Bonchev–Trinajstić information content (AvgIpc) is 1.47. The van der Waals surface area contributed by atoms with Gasteiger partial charge < -0.3 is 121 Å². The summed E-state index contributed by atoms with van der Waals surface area (Å²) in [4.78, 5) is 26.6. The summed E-state index contributed by atoms with van der Waals surface area (Å²) in [5, 5.41) is 65.8. The van der Waals surface area contributed by atoms with Crippen LogP contribution in [-0.2, 0) is 99.6 Å². The van der Waals surface area contributed by atoms with Crippen molar-refractivity contribution in [1.82, 2.24) is 0 Å². The van der Waals surface area contributed by atoms with Crippen LogP contribution in [0.3, 0.4) is 0 Å². The molecule has 0 amide bonds. The van der Waals surface area contributed by atoms with Crippen molar-refractivity contribution in [2.45, 2.75) is 323 Å². The fourth-order valence-electron chi connectivity index (χ4n) is 18.5. The van der Waals surface area contributed by atoms with Gasteiger partial charge in [0.05, 0.1) is 73.4 Å². The number of methoxy groups -OCH3 is 4. The summed E-state index contributed by atoms with van der Waals surface area (Å²) in [6.07, 6.45) is -16.0. The number of aliphatic hydroxyl groups is 6. The van der Waals surface area contributed by atoms with Crippen molar-refractivity contribution in [2.24, 2.45) is 28.6 Å². The van der Waals surface area contributed by atoms with Crippen LogP contribution >= 0.6 is 0 Å². The van der Waals surface area contributed by atoms with Crippen molar-refractivity contribution in [3.05, 3.63) is 0 Å². The van der Waals surface area contributed by atoms with Crippen molar-refractivity contribution in [1.29, 1.82) is 0 Å². The number of fused-ring (bicyclic) bond motifs is 3. The first kappa shape index (κ1) is 70.3. The Morgan fingerprint density at radius 3 is 1.73 bits per heavy atom. The van der Waals surface area contributed by atoms with Crippen molar-refractivity contribution in [3.63, 3.8) is 0 Å². The Hall–Kier alpha value is -1.98. The minimum Gasteiger partial charge on any atom is -0.462 e. The van der Waals surface area contributed by atoms with Crippen molar-refractivity contribution in [3.8, 4) is 0 Å². The predicted molar refractivity (Wildman–Crippen MR) is 310 cm³/mol. The van der Waals surface area contributed by atoms with Gasteiger partial charge in [0.2, 0.25) is 0 Å². The molecule has 7 saturated heterocycles. The fraction of sp³-hybridized carbons (Fsp3) is 0.969. The van der Waals surface area contributed by atoms with Gasteiger partial charge in [-0.1, -0.05) is 20.8 Å². The molecule has 1 unspecified atom stereocenters. The average molecular weight is 1310 g/mol. The van der Waals surface area contributed by atoms with E-state index in [2.05, 4.69) is 6.92 Å². The Balaban J connectivity index is 0.686. The molecule has 27 nitrogen and oxygen atoms in total. The van der Waals surface area contributed by atoms with Gasteiger partial charge in [0.1, 0.15) is 90.1 Å². The highest BCUT2D eigenvalue weighted by molar-refractivity contribution is 5.72. The van der Waals surface area contributed by atoms with E-state index >= 15 is 0 Å². The highest BCUT2D eigenvalue weighted by Crippen LogP contribution is 2.79. The summed E-state index contributed by atoms with van der Waals surface area (Å²) in [6.45, 7) is 17.6. The van der Waals surface area contributed by atoms with E-state index in [-0.39, 0.29) is 48.7 Å². The largest absolute Gasteiger partial charge is 0.462 e. The molecule has 11 aliphatic rings. The summed E-state index contributed by atoms with van der Waals surface area (Å²) < 4.78 is 121. The predicted octanol–water partition coefficient (Wildman–Crippen LogP) is 2.55. The normalized spacial score (nSPS) is 52.7. The lowest BCUT2D eigenvalue weighted by molar-refractivity contribution is -0.406. The molecule has 91 heavy (non-hydrogen) atoms. The molecule has 522 valence electrons. The number of hydrogen-bond donors (Lipinski definition) is 6. The Labute approximate surface area is 533 Å². The van der Waals surface area contributed by atoms with Gasteiger partial charge in [-0.25, -0.2) is 0 Å². The third-order valence-corrected chi connectivity index (χ3v) is 23.5. The fourth-order valence-corrected chi connectivity index (χ4v) is 18.5. The summed E-state index contributed by atoms with van der Waals surface area (Å²) >= 11 is 0. The first-order valence-electron chi connectivity index (χ1n) is 33.3.